The summed E-state index contributed by atoms with van der Waals surface area (Å²) >= 11 is 6.73. The maximum atomic E-state index is 12.5. The van der Waals surface area contributed by atoms with Crippen LogP contribution in [0.3, 0.4) is 0 Å². The van der Waals surface area contributed by atoms with Crippen LogP contribution in [0.2, 0.25) is 4.47 Å². The summed E-state index contributed by atoms with van der Waals surface area (Å²) in [5.41, 5.74) is 1.86. The molecule has 0 saturated carbocycles. The number of aryl methyl sites for hydroxylation is 3. The van der Waals surface area contributed by atoms with Crippen molar-refractivity contribution in [2.75, 3.05) is 7.05 Å². The molecule has 0 amide bonds. The van der Waals surface area contributed by atoms with Gasteiger partial charge >= 0.3 is 0 Å². The minimum Gasteiger partial charge on any atom is -0.361 e. The highest BCUT2D eigenvalue weighted by Crippen LogP contribution is 2.30. The molecule has 0 fully saturated rings. The molecule has 0 bridgehead atoms. The first-order valence-corrected chi connectivity index (χ1v) is 8.38. The largest absolute Gasteiger partial charge is 0.361 e. The zero-order valence-electron chi connectivity index (χ0n) is 11.5. The van der Waals surface area contributed by atoms with Crippen molar-refractivity contribution in [2.45, 2.75) is 31.5 Å². The Morgan fingerprint density at radius 2 is 1.95 bits per heavy atom. The molecule has 0 unspecified atom stereocenters. The lowest BCUT2D eigenvalue weighted by Gasteiger charge is -2.16. The highest BCUT2D eigenvalue weighted by molar-refractivity contribution is 7.91. The van der Waals surface area contributed by atoms with E-state index in [1.165, 1.54) is 11.4 Å². The van der Waals surface area contributed by atoms with E-state index < -0.39 is 10.0 Å². The third-order valence-corrected chi connectivity index (χ3v) is 6.59. The smallest absolute Gasteiger partial charge is 0.254 e. The minimum absolute atomic E-state index is 0.164. The Kier molecular flexibility index (Phi) is 4.19. The molecule has 2 heterocycles. The average molecular weight is 336 g/mol. The van der Waals surface area contributed by atoms with Crippen molar-refractivity contribution in [3.05, 3.63) is 27.2 Å². The van der Waals surface area contributed by atoms with Crippen molar-refractivity contribution in [3.8, 4) is 0 Å². The van der Waals surface area contributed by atoms with E-state index in [0.29, 0.717) is 17.1 Å². The summed E-state index contributed by atoms with van der Waals surface area (Å²) in [5.74, 6) is 0.614. The molecular formula is C11H14ClN3O3S2. The van der Waals surface area contributed by atoms with Gasteiger partial charge in [0, 0.05) is 19.2 Å². The number of halogens is 1. The van der Waals surface area contributed by atoms with Crippen molar-refractivity contribution in [1.82, 2.24) is 14.4 Å². The van der Waals surface area contributed by atoms with Gasteiger partial charge in [-0.1, -0.05) is 28.1 Å². The van der Waals surface area contributed by atoms with Crippen LogP contribution in [0, 0.1) is 20.8 Å². The fourth-order valence-corrected chi connectivity index (χ4v) is 4.83. The normalized spacial score (nSPS) is 12.3. The number of sulfonamides is 1. The van der Waals surface area contributed by atoms with E-state index >= 15 is 0 Å². The molecule has 0 radical (unpaired) electrons. The number of aromatic nitrogens is 2. The van der Waals surface area contributed by atoms with Crippen molar-refractivity contribution < 1.29 is 12.9 Å². The van der Waals surface area contributed by atoms with Crippen LogP contribution in [0.1, 0.15) is 22.7 Å². The number of rotatable bonds is 4. The molecule has 0 aromatic carbocycles. The van der Waals surface area contributed by atoms with Gasteiger partial charge in [0.25, 0.3) is 10.0 Å². The van der Waals surface area contributed by atoms with E-state index in [1.807, 2.05) is 0 Å². The van der Waals surface area contributed by atoms with E-state index in [4.69, 9.17) is 16.1 Å². The first-order chi connectivity index (χ1) is 9.23. The highest BCUT2D eigenvalue weighted by Gasteiger charge is 2.27. The second-order valence-corrected chi connectivity index (χ2v) is 8.22. The lowest BCUT2D eigenvalue weighted by molar-refractivity contribution is 0.390. The summed E-state index contributed by atoms with van der Waals surface area (Å²) < 4.78 is 31.7. The van der Waals surface area contributed by atoms with Crippen LogP contribution in [0.4, 0.5) is 0 Å². The van der Waals surface area contributed by atoms with Gasteiger partial charge in [-0.3, -0.25) is 0 Å². The van der Waals surface area contributed by atoms with Gasteiger partial charge < -0.3 is 4.52 Å². The lowest BCUT2D eigenvalue weighted by Crippen LogP contribution is -2.26. The van der Waals surface area contributed by atoms with Gasteiger partial charge in [-0.2, -0.15) is 4.31 Å². The zero-order chi connectivity index (χ0) is 15.1. The molecule has 0 aliphatic heterocycles. The Bertz CT molecular complexity index is 717. The van der Waals surface area contributed by atoms with Crippen molar-refractivity contribution in [3.63, 3.8) is 0 Å². The summed E-state index contributed by atoms with van der Waals surface area (Å²) in [6, 6.07) is 0. The van der Waals surface area contributed by atoms with Crippen molar-refractivity contribution in [2.24, 2.45) is 0 Å². The lowest BCUT2D eigenvalue weighted by atomic mass is 10.2. The Morgan fingerprint density at radius 3 is 2.40 bits per heavy atom. The van der Waals surface area contributed by atoms with Crippen LogP contribution >= 0.6 is 22.9 Å². The third-order valence-electron chi connectivity index (χ3n) is 2.93. The first-order valence-electron chi connectivity index (χ1n) is 5.74. The Hall–Kier alpha value is -0.960. The first kappa shape index (κ1) is 15.4. The van der Waals surface area contributed by atoms with Gasteiger partial charge in [-0.25, -0.2) is 13.4 Å². The molecule has 0 atom stereocenters. The summed E-state index contributed by atoms with van der Waals surface area (Å²) in [7, 11) is -2.11. The fraction of sp³-hybridized carbons (Fsp3) is 0.455. The Balaban J connectivity index is 2.33. The summed E-state index contributed by atoms with van der Waals surface area (Å²) in [4.78, 5) is 3.94. The standard InChI is InChI=1S/C11H14ClN3O3S2/c1-6-9(8(3)18-14-6)5-15(4)20(16,17)10-7(2)13-11(12)19-10/h5H2,1-4H3. The van der Waals surface area contributed by atoms with Crippen LogP contribution in [0.25, 0.3) is 0 Å². The predicted octanol–water partition coefficient (Wildman–Crippen LogP) is 2.53. The molecule has 2 rings (SSSR count). The zero-order valence-corrected chi connectivity index (χ0v) is 13.9. The number of hydrogen-bond donors (Lipinski definition) is 0. The topological polar surface area (TPSA) is 76.3 Å². The average Bonchev–Trinajstić information content (AvgIpc) is 2.85. The second-order valence-electron chi connectivity index (χ2n) is 4.40. The molecule has 2 aromatic heterocycles. The van der Waals surface area contributed by atoms with E-state index in [2.05, 4.69) is 10.1 Å². The second kappa shape index (κ2) is 5.44. The molecule has 2 aromatic rings. The van der Waals surface area contributed by atoms with Gasteiger partial charge in [-0.15, -0.1) is 0 Å². The van der Waals surface area contributed by atoms with Gasteiger partial charge in [0.1, 0.15) is 5.76 Å². The van der Waals surface area contributed by atoms with Crippen LogP contribution in [0.15, 0.2) is 8.73 Å². The van der Waals surface area contributed by atoms with Gasteiger partial charge in [0.2, 0.25) is 0 Å². The number of nitrogens with zero attached hydrogens (tertiary/aromatic N) is 3. The molecule has 0 aliphatic carbocycles. The molecule has 6 nitrogen and oxygen atoms in total. The van der Waals surface area contributed by atoms with E-state index in [1.54, 1.807) is 20.8 Å². The van der Waals surface area contributed by atoms with E-state index in [9.17, 15) is 8.42 Å². The van der Waals surface area contributed by atoms with Gasteiger partial charge in [0.15, 0.2) is 8.68 Å². The number of thiazole rings is 1. The monoisotopic (exact) mass is 335 g/mol. The Labute approximate surface area is 126 Å². The maximum absolute atomic E-state index is 12.5. The number of hydrogen-bond acceptors (Lipinski definition) is 6. The molecular weight excluding hydrogens is 322 g/mol. The summed E-state index contributed by atoms with van der Waals surface area (Å²) in [6.07, 6.45) is 0. The van der Waals surface area contributed by atoms with Crippen LogP contribution in [0.5, 0.6) is 0 Å². The van der Waals surface area contributed by atoms with E-state index in [0.717, 1.165) is 16.9 Å². The van der Waals surface area contributed by atoms with Crippen molar-refractivity contribution >= 4 is 33.0 Å². The SMILES string of the molecule is Cc1nc(Cl)sc1S(=O)(=O)N(C)Cc1c(C)noc1C. The summed E-state index contributed by atoms with van der Waals surface area (Å²) in [5, 5.41) is 3.82. The maximum Gasteiger partial charge on any atom is 0.254 e. The molecule has 0 N–H and O–H groups in total. The molecule has 0 aliphatic rings. The predicted molar refractivity (Wildman–Crippen MR) is 76.5 cm³/mol. The molecule has 0 saturated heterocycles. The molecule has 110 valence electrons. The van der Waals surface area contributed by atoms with Gasteiger partial charge in [0.05, 0.1) is 11.4 Å². The molecule has 9 heteroatoms. The highest BCUT2D eigenvalue weighted by atomic mass is 35.5. The van der Waals surface area contributed by atoms with E-state index in [-0.39, 0.29) is 15.2 Å². The molecule has 20 heavy (non-hydrogen) atoms. The van der Waals surface area contributed by atoms with Crippen LogP contribution < -0.4 is 0 Å². The van der Waals surface area contributed by atoms with Crippen LogP contribution in [-0.2, 0) is 16.6 Å². The van der Waals surface area contributed by atoms with Crippen LogP contribution in [-0.4, -0.2) is 29.9 Å². The fourth-order valence-electron chi connectivity index (χ4n) is 1.77. The third kappa shape index (κ3) is 2.73. The quantitative estimate of drug-likeness (QED) is 0.858. The van der Waals surface area contributed by atoms with Crippen molar-refractivity contribution in [1.29, 1.82) is 0 Å². The summed E-state index contributed by atoms with van der Waals surface area (Å²) in [6.45, 7) is 5.35. The minimum atomic E-state index is -3.62. The molecule has 0 spiro atoms. The Morgan fingerprint density at radius 1 is 1.30 bits per heavy atom. The van der Waals surface area contributed by atoms with Gasteiger partial charge in [-0.05, 0) is 20.8 Å².